The first-order chi connectivity index (χ1) is 9.65. The molecular weight excluding hydrogens is 252 g/mol. The fourth-order valence-corrected chi connectivity index (χ4v) is 2.50. The summed E-state index contributed by atoms with van der Waals surface area (Å²) in [6, 6.07) is 7.94. The molecule has 1 aromatic rings. The van der Waals surface area contributed by atoms with Gasteiger partial charge in [0, 0.05) is 6.54 Å². The molecule has 1 saturated heterocycles. The van der Waals surface area contributed by atoms with Crippen LogP contribution in [0.1, 0.15) is 18.4 Å². The van der Waals surface area contributed by atoms with Gasteiger partial charge in [-0.25, -0.2) is 0 Å². The number of aryl methyl sites for hydroxylation is 1. The molecule has 20 heavy (non-hydrogen) atoms. The lowest BCUT2D eigenvalue weighted by atomic mass is 9.98. The smallest absolute Gasteiger partial charge is 0.224 e. The highest BCUT2D eigenvalue weighted by Gasteiger charge is 2.23. The Labute approximate surface area is 121 Å². The number of carbonyl (C=O) groups excluding carboxylic acids is 1. The van der Waals surface area contributed by atoms with Crippen molar-refractivity contribution in [3.05, 3.63) is 29.8 Å². The molecule has 0 unspecified atom stereocenters. The zero-order valence-electron chi connectivity index (χ0n) is 12.4. The molecule has 1 atom stereocenters. The molecule has 1 aliphatic heterocycles. The quantitative estimate of drug-likeness (QED) is 0.834. The van der Waals surface area contributed by atoms with E-state index >= 15 is 0 Å². The van der Waals surface area contributed by atoms with E-state index < -0.39 is 0 Å². The summed E-state index contributed by atoms with van der Waals surface area (Å²) in [5.74, 6) is 1.14. The third kappa shape index (κ3) is 4.53. The molecule has 1 aliphatic rings. The van der Waals surface area contributed by atoms with Crippen LogP contribution in [-0.4, -0.2) is 44.1 Å². The van der Waals surface area contributed by atoms with Crippen molar-refractivity contribution in [3.8, 4) is 5.75 Å². The lowest BCUT2D eigenvalue weighted by molar-refractivity contribution is -0.126. The largest absolute Gasteiger partial charge is 0.492 e. The van der Waals surface area contributed by atoms with E-state index in [2.05, 4.69) is 17.3 Å². The normalized spacial score (nSPS) is 19.6. The van der Waals surface area contributed by atoms with Gasteiger partial charge in [-0.15, -0.1) is 0 Å². The number of hydrogen-bond acceptors (Lipinski definition) is 3. The molecule has 0 radical (unpaired) electrons. The average molecular weight is 276 g/mol. The second kappa shape index (κ2) is 7.29. The van der Waals surface area contributed by atoms with Crippen LogP contribution in [0.3, 0.4) is 0 Å². The maximum absolute atomic E-state index is 12.0. The second-order valence-corrected chi connectivity index (χ2v) is 5.55. The molecule has 0 spiro atoms. The van der Waals surface area contributed by atoms with Crippen molar-refractivity contribution >= 4 is 5.91 Å². The van der Waals surface area contributed by atoms with Gasteiger partial charge in [-0.2, -0.15) is 0 Å². The van der Waals surface area contributed by atoms with Crippen LogP contribution in [0.4, 0.5) is 0 Å². The van der Waals surface area contributed by atoms with E-state index in [0.29, 0.717) is 13.2 Å². The zero-order valence-corrected chi connectivity index (χ0v) is 12.4. The van der Waals surface area contributed by atoms with Crippen LogP contribution < -0.4 is 10.1 Å². The highest BCUT2D eigenvalue weighted by Crippen LogP contribution is 2.15. The Morgan fingerprint density at radius 1 is 1.40 bits per heavy atom. The summed E-state index contributed by atoms with van der Waals surface area (Å²) < 4.78 is 5.59. The third-order valence-corrected chi connectivity index (χ3v) is 3.69. The van der Waals surface area contributed by atoms with Crippen LogP contribution in [0.5, 0.6) is 5.75 Å². The number of hydrogen-bond donors (Lipinski definition) is 1. The number of nitrogens with one attached hydrogen (secondary N) is 1. The molecule has 1 heterocycles. The number of rotatable bonds is 5. The Morgan fingerprint density at radius 2 is 2.15 bits per heavy atom. The highest BCUT2D eigenvalue weighted by atomic mass is 16.5. The van der Waals surface area contributed by atoms with E-state index in [1.165, 1.54) is 5.56 Å². The number of carbonyl (C=O) groups is 1. The van der Waals surface area contributed by atoms with Crippen molar-refractivity contribution in [3.63, 3.8) is 0 Å². The van der Waals surface area contributed by atoms with Crippen LogP contribution >= 0.6 is 0 Å². The SMILES string of the molecule is Cc1ccc(OCCNC(=O)[C@H]2CCCN(C)C2)cc1. The van der Waals surface area contributed by atoms with E-state index in [1.807, 2.05) is 31.2 Å². The Morgan fingerprint density at radius 3 is 2.85 bits per heavy atom. The van der Waals surface area contributed by atoms with Gasteiger partial charge in [-0.1, -0.05) is 17.7 Å². The minimum Gasteiger partial charge on any atom is -0.492 e. The van der Waals surface area contributed by atoms with E-state index in [0.717, 1.165) is 31.7 Å². The lowest BCUT2D eigenvalue weighted by Crippen LogP contribution is -2.42. The fourth-order valence-electron chi connectivity index (χ4n) is 2.50. The standard InChI is InChI=1S/C16H24N2O2/c1-13-5-7-15(8-6-13)20-11-9-17-16(19)14-4-3-10-18(2)12-14/h5-8,14H,3-4,9-12H2,1-2H3,(H,17,19)/t14-/m0/s1. The molecule has 110 valence electrons. The summed E-state index contributed by atoms with van der Waals surface area (Å²) in [4.78, 5) is 14.2. The average Bonchev–Trinajstić information content (AvgIpc) is 2.45. The lowest BCUT2D eigenvalue weighted by Gasteiger charge is -2.28. The van der Waals surface area contributed by atoms with Crippen LogP contribution in [0.15, 0.2) is 24.3 Å². The summed E-state index contributed by atoms with van der Waals surface area (Å²) in [6.07, 6.45) is 2.10. The molecular formula is C16H24N2O2. The first kappa shape index (κ1) is 14.9. The van der Waals surface area contributed by atoms with Crippen molar-refractivity contribution in [1.82, 2.24) is 10.2 Å². The van der Waals surface area contributed by atoms with E-state index in [1.54, 1.807) is 0 Å². The number of benzene rings is 1. The molecule has 0 aliphatic carbocycles. The fraction of sp³-hybridized carbons (Fsp3) is 0.562. The molecule has 4 heteroatoms. The summed E-state index contributed by atoms with van der Waals surface area (Å²) in [7, 11) is 2.07. The first-order valence-corrected chi connectivity index (χ1v) is 7.31. The van der Waals surface area contributed by atoms with Gasteiger partial charge in [0.05, 0.1) is 12.5 Å². The minimum absolute atomic E-state index is 0.133. The summed E-state index contributed by atoms with van der Waals surface area (Å²) in [6.45, 7) is 5.08. The molecule has 1 amide bonds. The van der Waals surface area contributed by atoms with Gasteiger partial charge in [-0.05, 0) is 45.5 Å². The van der Waals surface area contributed by atoms with Gasteiger partial charge < -0.3 is 15.0 Å². The second-order valence-electron chi connectivity index (χ2n) is 5.55. The van der Waals surface area contributed by atoms with Gasteiger partial charge in [0.1, 0.15) is 12.4 Å². The highest BCUT2D eigenvalue weighted by molar-refractivity contribution is 5.78. The topological polar surface area (TPSA) is 41.6 Å². The maximum Gasteiger partial charge on any atom is 0.224 e. The Balaban J connectivity index is 1.65. The van der Waals surface area contributed by atoms with E-state index in [9.17, 15) is 4.79 Å². The van der Waals surface area contributed by atoms with Crippen LogP contribution in [0.25, 0.3) is 0 Å². The Kier molecular flexibility index (Phi) is 5.41. The minimum atomic E-state index is 0.133. The number of piperidine rings is 1. The summed E-state index contributed by atoms with van der Waals surface area (Å²) in [5.41, 5.74) is 1.21. The van der Waals surface area contributed by atoms with Gasteiger partial charge in [-0.3, -0.25) is 4.79 Å². The maximum atomic E-state index is 12.0. The van der Waals surface area contributed by atoms with Gasteiger partial charge in [0.2, 0.25) is 5.91 Å². The van der Waals surface area contributed by atoms with E-state index in [-0.39, 0.29) is 11.8 Å². The van der Waals surface area contributed by atoms with Crippen molar-refractivity contribution in [1.29, 1.82) is 0 Å². The van der Waals surface area contributed by atoms with Crippen molar-refractivity contribution in [2.75, 3.05) is 33.3 Å². The molecule has 0 aromatic heterocycles. The van der Waals surface area contributed by atoms with Crippen molar-refractivity contribution in [2.45, 2.75) is 19.8 Å². The van der Waals surface area contributed by atoms with E-state index in [4.69, 9.17) is 4.74 Å². The van der Waals surface area contributed by atoms with Crippen LogP contribution in [-0.2, 0) is 4.79 Å². The Hall–Kier alpha value is -1.55. The molecule has 1 N–H and O–H groups in total. The number of likely N-dealkylation sites (tertiary alicyclic amines) is 1. The predicted octanol–water partition coefficient (Wildman–Crippen LogP) is 1.83. The molecule has 0 saturated carbocycles. The first-order valence-electron chi connectivity index (χ1n) is 7.31. The summed E-state index contributed by atoms with van der Waals surface area (Å²) >= 11 is 0. The monoisotopic (exact) mass is 276 g/mol. The number of amides is 1. The Bertz CT molecular complexity index is 431. The number of ether oxygens (including phenoxy) is 1. The molecule has 4 nitrogen and oxygen atoms in total. The molecule has 2 rings (SSSR count). The van der Waals surface area contributed by atoms with Gasteiger partial charge >= 0.3 is 0 Å². The van der Waals surface area contributed by atoms with Gasteiger partial charge in [0.25, 0.3) is 0 Å². The zero-order chi connectivity index (χ0) is 14.4. The molecule has 1 aromatic carbocycles. The number of nitrogens with zero attached hydrogens (tertiary/aromatic N) is 1. The predicted molar refractivity (Wildman–Crippen MR) is 79.9 cm³/mol. The van der Waals surface area contributed by atoms with Crippen LogP contribution in [0.2, 0.25) is 0 Å². The van der Waals surface area contributed by atoms with Crippen molar-refractivity contribution < 1.29 is 9.53 Å². The van der Waals surface area contributed by atoms with Crippen LogP contribution in [0, 0.1) is 12.8 Å². The van der Waals surface area contributed by atoms with Gasteiger partial charge in [0.15, 0.2) is 0 Å². The third-order valence-electron chi connectivity index (χ3n) is 3.69. The van der Waals surface area contributed by atoms with Crippen molar-refractivity contribution in [2.24, 2.45) is 5.92 Å². The summed E-state index contributed by atoms with van der Waals surface area (Å²) in [5, 5.41) is 2.96. The molecule has 1 fully saturated rings. The molecule has 0 bridgehead atoms.